The molecule has 1 aliphatic carbocycles. The van der Waals surface area contributed by atoms with Crippen molar-refractivity contribution in [1.29, 1.82) is 0 Å². The van der Waals surface area contributed by atoms with Crippen LogP contribution in [0.2, 0.25) is 0 Å². The number of hydrogen-bond acceptors (Lipinski definition) is 4. The molecule has 0 aromatic carbocycles. The van der Waals surface area contributed by atoms with E-state index in [0.29, 0.717) is 25.7 Å². The highest BCUT2D eigenvalue weighted by Crippen LogP contribution is 2.33. The summed E-state index contributed by atoms with van der Waals surface area (Å²) in [5.41, 5.74) is -0.752. The first-order valence-corrected chi connectivity index (χ1v) is 9.75. The summed E-state index contributed by atoms with van der Waals surface area (Å²) >= 11 is 0. The Morgan fingerprint density at radius 1 is 1.21 bits per heavy atom. The highest BCUT2D eigenvalue weighted by molar-refractivity contribution is 5.86. The minimum atomic E-state index is -2.91. The molecule has 0 aromatic heterocycles. The number of rotatable bonds is 5. The monoisotopic (exact) mass is 404 g/mol. The molecule has 1 heterocycles. The quantitative estimate of drug-likeness (QED) is 0.734. The average Bonchev–Trinajstić information content (AvgIpc) is 2.92. The average molecular weight is 404 g/mol. The summed E-state index contributed by atoms with van der Waals surface area (Å²) in [7, 11) is 0. The van der Waals surface area contributed by atoms with E-state index < -0.39 is 42.1 Å². The molecule has 0 bridgehead atoms. The maximum Gasteiger partial charge on any atom is 0.408 e. The van der Waals surface area contributed by atoms with Gasteiger partial charge in [0, 0.05) is 13.0 Å². The van der Waals surface area contributed by atoms with Gasteiger partial charge in [-0.05, 0) is 58.8 Å². The van der Waals surface area contributed by atoms with Crippen LogP contribution in [0.4, 0.5) is 13.6 Å². The van der Waals surface area contributed by atoms with Crippen molar-refractivity contribution in [3.8, 4) is 0 Å². The summed E-state index contributed by atoms with van der Waals surface area (Å²) in [5.74, 6) is -4.61. The lowest BCUT2D eigenvalue weighted by molar-refractivity contribution is -0.143. The van der Waals surface area contributed by atoms with Crippen LogP contribution in [0.5, 0.6) is 0 Å². The Balaban J connectivity index is 2.02. The third-order valence-electron chi connectivity index (χ3n) is 5.24. The van der Waals surface area contributed by atoms with Gasteiger partial charge in [0.2, 0.25) is 5.91 Å². The molecule has 7 nitrogen and oxygen atoms in total. The molecule has 0 spiro atoms. The van der Waals surface area contributed by atoms with Crippen molar-refractivity contribution in [2.45, 2.75) is 76.9 Å². The molecule has 2 N–H and O–H groups in total. The molecule has 2 fully saturated rings. The number of likely N-dealkylation sites (tertiary alicyclic amines) is 1. The summed E-state index contributed by atoms with van der Waals surface area (Å²) in [6, 6.07) is -0.963. The SMILES string of the molecule is CC(C)(C)OC(=O)N[C@@H](CC1CCC(C(=O)O)CC1)C(=O)N1CCC(F)(F)C1. The second-order valence-electron chi connectivity index (χ2n) is 8.86. The minimum absolute atomic E-state index is 0.0441. The standard InChI is InChI=1S/C19H30F2N2O5/c1-18(2,3)28-17(27)22-14(15(24)23-9-8-19(20,21)11-23)10-12-4-6-13(7-5-12)16(25)26/h12-14H,4-11H2,1-3H3,(H,22,27)(H,25,26)/t12?,13?,14-/m0/s1. The largest absolute Gasteiger partial charge is 0.481 e. The van der Waals surface area contributed by atoms with Gasteiger partial charge in [-0.3, -0.25) is 9.59 Å². The van der Waals surface area contributed by atoms with Crippen molar-refractivity contribution in [1.82, 2.24) is 10.2 Å². The van der Waals surface area contributed by atoms with E-state index in [-0.39, 0.29) is 31.2 Å². The third-order valence-corrected chi connectivity index (χ3v) is 5.24. The number of carboxylic acid groups (broad SMARTS) is 1. The zero-order valence-electron chi connectivity index (χ0n) is 16.7. The number of alkyl carbamates (subject to hydrolysis) is 1. The second kappa shape index (κ2) is 8.61. The zero-order chi connectivity index (χ0) is 21.1. The Labute approximate surface area is 163 Å². The van der Waals surface area contributed by atoms with Crippen molar-refractivity contribution in [3.05, 3.63) is 0 Å². The molecule has 2 amide bonds. The van der Waals surface area contributed by atoms with Crippen molar-refractivity contribution >= 4 is 18.0 Å². The van der Waals surface area contributed by atoms with Gasteiger partial charge in [-0.2, -0.15) is 0 Å². The molecule has 1 aliphatic heterocycles. The van der Waals surface area contributed by atoms with Gasteiger partial charge < -0.3 is 20.1 Å². The lowest BCUT2D eigenvalue weighted by atomic mass is 9.79. The Morgan fingerprint density at radius 3 is 2.29 bits per heavy atom. The van der Waals surface area contributed by atoms with Crippen LogP contribution in [0.1, 0.15) is 59.3 Å². The molecule has 0 unspecified atom stereocenters. The Bertz CT molecular complexity index is 598. The number of carbonyl (C=O) groups is 3. The van der Waals surface area contributed by atoms with Crippen LogP contribution in [0, 0.1) is 11.8 Å². The molecule has 160 valence electrons. The lowest BCUT2D eigenvalue weighted by Crippen LogP contribution is -2.50. The highest BCUT2D eigenvalue weighted by atomic mass is 19.3. The van der Waals surface area contributed by atoms with E-state index >= 15 is 0 Å². The maximum absolute atomic E-state index is 13.5. The van der Waals surface area contributed by atoms with E-state index in [9.17, 15) is 23.2 Å². The molecule has 28 heavy (non-hydrogen) atoms. The molecule has 9 heteroatoms. The van der Waals surface area contributed by atoms with E-state index in [0.717, 1.165) is 4.90 Å². The molecular formula is C19H30F2N2O5. The number of aliphatic carboxylic acids is 1. The number of hydrogen-bond donors (Lipinski definition) is 2. The second-order valence-corrected chi connectivity index (χ2v) is 8.86. The molecule has 1 saturated heterocycles. The van der Waals surface area contributed by atoms with Gasteiger partial charge in [0.1, 0.15) is 11.6 Å². The van der Waals surface area contributed by atoms with Gasteiger partial charge in [0.05, 0.1) is 12.5 Å². The van der Waals surface area contributed by atoms with Crippen molar-refractivity contribution in [3.63, 3.8) is 0 Å². The first-order chi connectivity index (χ1) is 12.9. The van der Waals surface area contributed by atoms with Crippen molar-refractivity contribution in [2.24, 2.45) is 11.8 Å². The van der Waals surface area contributed by atoms with Gasteiger partial charge in [-0.25, -0.2) is 13.6 Å². The normalized spacial score (nSPS) is 25.8. The van der Waals surface area contributed by atoms with Crippen LogP contribution >= 0.6 is 0 Å². The van der Waals surface area contributed by atoms with Crippen LogP contribution in [0.25, 0.3) is 0 Å². The summed E-state index contributed by atoms with van der Waals surface area (Å²) < 4.78 is 32.3. The van der Waals surface area contributed by atoms with Gasteiger partial charge in [0.25, 0.3) is 5.92 Å². The van der Waals surface area contributed by atoms with E-state index in [2.05, 4.69) is 5.32 Å². The topological polar surface area (TPSA) is 95.9 Å². The number of amides is 2. The Hall–Kier alpha value is -1.93. The first kappa shape index (κ1) is 22.4. The fourth-order valence-corrected chi connectivity index (χ4v) is 3.79. The Morgan fingerprint density at radius 2 is 1.82 bits per heavy atom. The lowest BCUT2D eigenvalue weighted by Gasteiger charge is -2.31. The van der Waals surface area contributed by atoms with Gasteiger partial charge in [0.15, 0.2) is 0 Å². The smallest absolute Gasteiger partial charge is 0.408 e. The number of ether oxygens (including phenoxy) is 1. The molecule has 2 aliphatic rings. The van der Waals surface area contributed by atoms with Gasteiger partial charge >= 0.3 is 12.1 Å². The molecule has 1 saturated carbocycles. The number of alkyl halides is 2. The molecule has 0 radical (unpaired) electrons. The highest BCUT2D eigenvalue weighted by Gasteiger charge is 2.43. The number of carbonyl (C=O) groups excluding carboxylic acids is 2. The van der Waals surface area contributed by atoms with Gasteiger partial charge in [-0.15, -0.1) is 0 Å². The maximum atomic E-state index is 13.5. The molecule has 2 rings (SSSR count). The predicted molar refractivity (Wildman–Crippen MR) is 97.0 cm³/mol. The number of carboxylic acids is 1. The number of halogens is 2. The number of nitrogens with one attached hydrogen (secondary N) is 1. The fourth-order valence-electron chi connectivity index (χ4n) is 3.79. The van der Waals surface area contributed by atoms with Crippen LogP contribution in [-0.4, -0.2) is 58.6 Å². The summed E-state index contributed by atoms with van der Waals surface area (Å²) in [6.45, 7) is 4.38. The molecular weight excluding hydrogens is 374 g/mol. The summed E-state index contributed by atoms with van der Waals surface area (Å²) in [4.78, 5) is 37.2. The van der Waals surface area contributed by atoms with Crippen LogP contribution in [-0.2, 0) is 14.3 Å². The van der Waals surface area contributed by atoms with Crippen LogP contribution in [0.3, 0.4) is 0 Å². The third kappa shape index (κ3) is 6.60. The fraction of sp³-hybridized carbons (Fsp3) is 0.842. The van der Waals surface area contributed by atoms with Crippen molar-refractivity contribution in [2.75, 3.05) is 13.1 Å². The van der Waals surface area contributed by atoms with E-state index in [1.165, 1.54) is 0 Å². The molecule has 0 aromatic rings. The van der Waals surface area contributed by atoms with E-state index in [1.807, 2.05) is 0 Å². The number of nitrogens with zero attached hydrogens (tertiary/aromatic N) is 1. The molecule has 1 atom stereocenters. The van der Waals surface area contributed by atoms with E-state index in [1.54, 1.807) is 20.8 Å². The van der Waals surface area contributed by atoms with Crippen LogP contribution < -0.4 is 5.32 Å². The van der Waals surface area contributed by atoms with Crippen molar-refractivity contribution < 1.29 is 33.0 Å². The predicted octanol–water partition coefficient (Wildman–Crippen LogP) is 3.03. The first-order valence-electron chi connectivity index (χ1n) is 9.75. The van der Waals surface area contributed by atoms with Crippen LogP contribution in [0.15, 0.2) is 0 Å². The summed E-state index contributed by atoms with van der Waals surface area (Å²) in [5, 5.41) is 11.7. The van der Waals surface area contributed by atoms with E-state index in [4.69, 9.17) is 9.84 Å². The zero-order valence-corrected chi connectivity index (χ0v) is 16.7. The van der Waals surface area contributed by atoms with Gasteiger partial charge in [-0.1, -0.05) is 0 Å². The summed E-state index contributed by atoms with van der Waals surface area (Å²) in [6.07, 6.45) is 1.38. The minimum Gasteiger partial charge on any atom is -0.481 e. The Kier molecular flexibility index (Phi) is 6.88.